The van der Waals surface area contributed by atoms with E-state index in [0.29, 0.717) is 13.1 Å². The van der Waals surface area contributed by atoms with Crippen molar-refractivity contribution in [3.8, 4) is 0 Å². The Morgan fingerprint density at radius 3 is 2.28 bits per heavy atom. The van der Waals surface area contributed by atoms with E-state index in [1.165, 1.54) is 17.0 Å². The van der Waals surface area contributed by atoms with Crippen LogP contribution in [0.2, 0.25) is 15.1 Å². The van der Waals surface area contributed by atoms with Gasteiger partial charge in [-0.1, -0.05) is 34.8 Å². The molecule has 0 unspecified atom stereocenters. The minimum atomic E-state index is -0.661. The third-order valence-corrected chi connectivity index (χ3v) is 3.85. The second-order valence-corrected chi connectivity index (χ2v) is 5.30. The van der Waals surface area contributed by atoms with Crippen LogP contribution in [-0.2, 0) is 4.79 Å². The fourth-order valence-electron chi connectivity index (χ4n) is 1.90. The van der Waals surface area contributed by atoms with Gasteiger partial charge in [0.1, 0.15) is 0 Å². The lowest BCUT2D eigenvalue weighted by Gasteiger charge is -2.14. The maximum Gasteiger partial charge on any atom is 0.295 e. The van der Waals surface area contributed by atoms with Crippen molar-refractivity contribution < 1.29 is 9.59 Å². The zero-order valence-electron chi connectivity index (χ0n) is 9.38. The van der Waals surface area contributed by atoms with Crippen molar-refractivity contribution >= 4 is 46.5 Å². The number of Topliss-reactive ketones (excluding diaryl/α,β-unsaturated/α-hetero) is 1. The molecule has 1 heterocycles. The zero-order valence-corrected chi connectivity index (χ0v) is 11.6. The molecule has 2 rings (SSSR count). The first-order valence-corrected chi connectivity index (χ1v) is 6.62. The van der Waals surface area contributed by atoms with Gasteiger partial charge in [0.2, 0.25) is 0 Å². The second kappa shape index (κ2) is 5.47. The summed E-state index contributed by atoms with van der Waals surface area (Å²) in [4.78, 5) is 25.5. The largest absolute Gasteiger partial charge is 0.336 e. The maximum absolute atomic E-state index is 12.1. The number of amides is 1. The lowest BCUT2D eigenvalue weighted by Crippen LogP contribution is -2.34. The van der Waals surface area contributed by atoms with Crippen LogP contribution in [0.25, 0.3) is 0 Å². The fraction of sp³-hybridized carbons (Fsp3) is 0.333. The van der Waals surface area contributed by atoms with Gasteiger partial charge in [-0.25, -0.2) is 0 Å². The number of carbonyl (C=O) groups excluding carboxylic acids is 2. The molecular weight excluding hydrogens is 296 g/mol. The summed E-state index contributed by atoms with van der Waals surface area (Å²) in [6, 6.07) is 2.80. The van der Waals surface area contributed by atoms with Crippen LogP contribution >= 0.6 is 34.8 Å². The smallest absolute Gasteiger partial charge is 0.295 e. The normalized spacial score (nSPS) is 14.9. The summed E-state index contributed by atoms with van der Waals surface area (Å²) >= 11 is 17.6. The molecule has 1 aromatic carbocycles. The summed E-state index contributed by atoms with van der Waals surface area (Å²) < 4.78 is 0. The van der Waals surface area contributed by atoms with Crippen molar-refractivity contribution in [3.63, 3.8) is 0 Å². The average Bonchev–Trinajstić information content (AvgIpc) is 2.85. The molecule has 0 aliphatic carbocycles. The van der Waals surface area contributed by atoms with E-state index in [4.69, 9.17) is 34.8 Å². The van der Waals surface area contributed by atoms with Crippen LogP contribution < -0.4 is 0 Å². The van der Waals surface area contributed by atoms with Crippen LogP contribution in [0.4, 0.5) is 0 Å². The van der Waals surface area contributed by atoms with Crippen molar-refractivity contribution in [2.75, 3.05) is 13.1 Å². The molecule has 0 radical (unpaired) electrons. The van der Waals surface area contributed by atoms with E-state index in [9.17, 15) is 9.59 Å². The minimum Gasteiger partial charge on any atom is -0.336 e. The predicted octanol–water partition coefficient (Wildman–Crippen LogP) is 3.45. The number of likely N-dealkylation sites (tertiary alicyclic amines) is 1. The van der Waals surface area contributed by atoms with E-state index in [1.54, 1.807) is 0 Å². The predicted molar refractivity (Wildman–Crippen MR) is 71.6 cm³/mol. The van der Waals surface area contributed by atoms with Gasteiger partial charge in [-0.3, -0.25) is 9.59 Å². The maximum atomic E-state index is 12.1. The molecule has 1 aromatic rings. The highest BCUT2D eigenvalue weighted by molar-refractivity contribution is 6.50. The third-order valence-electron chi connectivity index (χ3n) is 2.83. The number of hydrogen-bond donors (Lipinski definition) is 0. The quantitative estimate of drug-likeness (QED) is 0.477. The number of benzene rings is 1. The van der Waals surface area contributed by atoms with Crippen molar-refractivity contribution in [1.29, 1.82) is 0 Å². The van der Waals surface area contributed by atoms with E-state index in [2.05, 4.69) is 0 Å². The van der Waals surface area contributed by atoms with Gasteiger partial charge in [-0.2, -0.15) is 0 Å². The average molecular weight is 307 g/mol. The lowest BCUT2D eigenvalue weighted by molar-refractivity contribution is -0.125. The molecule has 1 amide bonds. The molecular formula is C12H10Cl3NO2. The molecule has 1 saturated heterocycles. The Balaban J connectivity index is 2.31. The SMILES string of the molecule is O=C(C(=O)N1CCCC1)c1cc(Cl)cc(Cl)c1Cl. The molecule has 0 aromatic heterocycles. The standard InChI is InChI=1S/C12H10Cl3NO2/c13-7-5-8(10(15)9(14)6-7)11(17)12(18)16-3-1-2-4-16/h5-6H,1-4H2. The first-order chi connectivity index (χ1) is 8.50. The molecule has 6 heteroatoms. The summed E-state index contributed by atoms with van der Waals surface area (Å²) in [5.41, 5.74) is 0.0612. The highest BCUT2D eigenvalue weighted by atomic mass is 35.5. The van der Waals surface area contributed by atoms with E-state index in [1.807, 2.05) is 0 Å². The van der Waals surface area contributed by atoms with Gasteiger partial charge in [-0.05, 0) is 25.0 Å². The monoisotopic (exact) mass is 305 g/mol. The summed E-state index contributed by atoms with van der Waals surface area (Å²) in [6.07, 6.45) is 1.84. The molecule has 0 bridgehead atoms. The van der Waals surface area contributed by atoms with Crippen molar-refractivity contribution in [2.45, 2.75) is 12.8 Å². The Bertz CT molecular complexity index is 510. The molecule has 1 fully saturated rings. The Labute approximate surface area is 120 Å². The van der Waals surface area contributed by atoms with Gasteiger partial charge in [0.25, 0.3) is 11.7 Å². The van der Waals surface area contributed by atoms with Crippen LogP contribution in [0.15, 0.2) is 12.1 Å². The summed E-state index contributed by atoms with van der Waals surface area (Å²) in [7, 11) is 0. The van der Waals surface area contributed by atoms with E-state index in [-0.39, 0.29) is 20.6 Å². The van der Waals surface area contributed by atoms with E-state index >= 15 is 0 Å². The molecule has 18 heavy (non-hydrogen) atoms. The fourth-order valence-corrected chi connectivity index (χ4v) is 2.59. The van der Waals surface area contributed by atoms with Crippen LogP contribution in [0, 0.1) is 0 Å². The Morgan fingerprint density at radius 1 is 1.06 bits per heavy atom. The van der Waals surface area contributed by atoms with Gasteiger partial charge in [0.05, 0.1) is 10.0 Å². The molecule has 0 atom stereocenters. The topological polar surface area (TPSA) is 37.4 Å². The number of halogens is 3. The van der Waals surface area contributed by atoms with Gasteiger partial charge >= 0.3 is 0 Å². The number of hydrogen-bond acceptors (Lipinski definition) is 2. The van der Waals surface area contributed by atoms with Crippen LogP contribution in [0.1, 0.15) is 23.2 Å². The Kier molecular flexibility index (Phi) is 4.15. The van der Waals surface area contributed by atoms with Gasteiger partial charge in [-0.15, -0.1) is 0 Å². The van der Waals surface area contributed by atoms with E-state index in [0.717, 1.165) is 12.8 Å². The third kappa shape index (κ3) is 2.63. The summed E-state index contributed by atoms with van der Waals surface area (Å²) in [6.45, 7) is 1.22. The van der Waals surface area contributed by atoms with E-state index < -0.39 is 11.7 Å². The molecule has 1 aliphatic rings. The molecule has 1 aliphatic heterocycles. The lowest BCUT2D eigenvalue weighted by atomic mass is 10.1. The van der Waals surface area contributed by atoms with Gasteiger partial charge in [0.15, 0.2) is 0 Å². The summed E-state index contributed by atoms with van der Waals surface area (Å²) in [5.74, 6) is -1.21. The Morgan fingerprint density at radius 2 is 1.67 bits per heavy atom. The second-order valence-electron chi connectivity index (χ2n) is 4.08. The van der Waals surface area contributed by atoms with Crippen LogP contribution in [0.5, 0.6) is 0 Å². The first kappa shape index (κ1) is 13.7. The molecule has 0 spiro atoms. The van der Waals surface area contributed by atoms with Crippen molar-refractivity contribution in [2.24, 2.45) is 0 Å². The molecule has 3 nitrogen and oxygen atoms in total. The molecule has 96 valence electrons. The Hall–Kier alpha value is -0.770. The number of rotatable bonds is 2. The van der Waals surface area contributed by atoms with Crippen LogP contribution in [-0.4, -0.2) is 29.7 Å². The first-order valence-electron chi connectivity index (χ1n) is 5.49. The van der Waals surface area contributed by atoms with Gasteiger partial charge < -0.3 is 4.90 Å². The summed E-state index contributed by atoms with van der Waals surface area (Å²) in [5, 5.41) is 0.516. The highest BCUT2D eigenvalue weighted by Gasteiger charge is 2.27. The molecule has 0 saturated carbocycles. The van der Waals surface area contributed by atoms with Gasteiger partial charge in [0, 0.05) is 23.7 Å². The van der Waals surface area contributed by atoms with Crippen molar-refractivity contribution in [1.82, 2.24) is 4.90 Å². The number of nitrogens with zero attached hydrogens (tertiary/aromatic N) is 1. The molecule has 0 N–H and O–H groups in total. The highest BCUT2D eigenvalue weighted by Crippen LogP contribution is 2.30. The zero-order chi connectivity index (χ0) is 13.3. The number of carbonyl (C=O) groups is 2. The number of ketones is 1. The minimum absolute atomic E-state index is 0.0612. The van der Waals surface area contributed by atoms with Crippen LogP contribution in [0.3, 0.4) is 0 Å². The van der Waals surface area contributed by atoms with Crippen molar-refractivity contribution in [3.05, 3.63) is 32.8 Å².